The van der Waals surface area contributed by atoms with E-state index in [1.807, 2.05) is 60.7 Å². The topological polar surface area (TPSA) is 154 Å². The van der Waals surface area contributed by atoms with E-state index in [1.165, 1.54) is 6.07 Å². The predicted molar refractivity (Wildman–Crippen MR) is 242 cm³/mol. The zero-order valence-electron chi connectivity index (χ0n) is 35.2. The second-order valence-electron chi connectivity index (χ2n) is 16.7. The van der Waals surface area contributed by atoms with Crippen molar-refractivity contribution in [2.24, 2.45) is 0 Å². The van der Waals surface area contributed by atoms with Crippen molar-refractivity contribution in [2.45, 2.75) is 76.9 Å². The Morgan fingerprint density at radius 1 is 0.950 bits per heavy atom. The zero-order chi connectivity index (χ0) is 43.0. The number of halogens is 1. The number of aromatic nitrogens is 1. The minimum Gasteiger partial charge on any atom is -0.506 e. The third-order valence-corrected chi connectivity index (χ3v) is 16.3. The number of methoxy groups -OCH3 is 1. The third-order valence-electron chi connectivity index (χ3n) is 11.5. The van der Waals surface area contributed by atoms with Gasteiger partial charge in [-0.05, 0) is 66.4 Å². The first-order valence-corrected chi connectivity index (χ1v) is 23.6. The number of carbonyl (C=O) groups excluding carboxylic acids is 2. The number of rotatable bonds is 15. The smallest absolute Gasteiger partial charge is 0.411 e. The van der Waals surface area contributed by atoms with Gasteiger partial charge in [-0.2, -0.15) is 0 Å². The molecule has 1 saturated heterocycles. The Morgan fingerprint density at radius 2 is 1.67 bits per heavy atom. The Balaban J connectivity index is 1.01. The van der Waals surface area contributed by atoms with Crippen LogP contribution in [0.2, 0.25) is 23.2 Å². The number of carbonyl (C=O) groups is 2. The van der Waals surface area contributed by atoms with Crippen LogP contribution in [-0.2, 0) is 20.5 Å². The molecule has 4 aromatic carbocycles. The van der Waals surface area contributed by atoms with Crippen molar-refractivity contribution >= 4 is 54.2 Å². The molecule has 1 atom stereocenters. The molecule has 2 heterocycles. The Morgan fingerprint density at radius 3 is 2.38 bits per heavy atom. The van der Waals surface area contributed by atoms with E-state index in [9.17, 15) is 19.5 Å². The van der Waals surface area contributed by atoms with Gasteiger partial charge in [-0.25, -0.2) is 4.79 Å². The van der Waals surface area contributed by atoms with Crippen molar-refractivity contribution in [3.8, 4) is 22.6 Å². The van der Waals surface area contributed by atoms with E-state index in [4.69, 9.17) is 25.5 Å². The molecule has 1 unspecified atom stereocenters. The summed E-state index contributed by atoms with van der Waals surface area (Å²) in [6, 6.07) is 27.7. The van der Waals surface area contributed by atoms with Gasteiger partial charge in [-0.15, -0.1) is 0 Å². The number of nitrogens with one attached hydrogen (secondary N) is 4. The minimum absolute atomic E-state index is 0.00700. The summed E-state index contributed by atoms with van der Waals surface area (Å²) in [5, 5.41) is 21.0. The lowest BCUT2D eigenvalue weighted by atomic mass is 10.0. The van der Waals surface area contributed by atoms with Crippen LogP contribution < -0.4 is 26.2 Å². The summed E-state index contributed by atoms with van der Waals surface area (Å²) in [4.78, 5) is 43.1. The van der Waals surface area contributed by atoms with Crippen LogP contribution in [0.4, 0.5) is 16.2 Å². The fourth-order valence-electron chi connectivity index (χ4n) is 7.12. The predicted octanol–water partition coefficient (Wildman–Crippen LogP) is 9.46. The summed E-state index contributed by atoms with van der Waals surface area (Å²) >= 11 is 6.74. The molecule has 5 aromatic rings. The lowest BCUT2D eigenvalue weighted by Gasteiger charge is -2.39. The Labute approximate surface area is 357 Å². The third kappa shape index (κ3) is 11.1. The fourth-order valence-corrected chi connectivity index (χ4v) is 8.63. The lowest BCUT2D eigenvalue weighted by molar-refractivity contribution is -0.116. The molecule has 1 fully saturated rings. The fraction of sp³-hybridized carbons (Fsp3) is 0.370. The number of likely N-dealkylation sites (tertiary alicyclic amines) is 1. The number of hydrogen-bond donors (Lipinski definition) is 5. The lowest BCUT2D eigenvalue weighted by Crippen LogP contribution is -2.43. The number of para-hydroxylation sites is 1. The first-order chi connectivity index (χ1) is 28.6. The van der Waals surface area contributed by atoms with Gasteiger partial charge in [0.05, 0.1) is 35.1 Å². The number of pyridine rings is 1. The first kappa shape index (κ1) is 44.4. The zero-order valence-corrected chi connectivity index (χ0v) is 36.9. The first-order valence-electron chi connectivity index (χ1n) is 20.4. The van der Waals surface area contributed by atoms with E-state index < -0.39 is 20.5 Å². The van der Waals surface area contributed by atoms with Crippen LogP contribution >= 0.6 is 11.6 Å². The number of phenolic OH excluding ortho intramolecular Hbond substituents is 1. The number of fused-ring (bicyclic) bond motifs is 1. The number of nitrogens with zero attached hydrogens (tertiary/aromatic N) is 1. The van der Waals surface area contributed by atoms with Crippen LogP contribution in [0, 0.1) is 0 Å². The Bertz CT molecular complexity index is 2340. The second-order valence-corrected chi connectivity index (χ2v) is 21.9. The number of anilines is 2. The highest BCUT2D eigenvalue weighted by molar-refractivity contribution is 6.74. The summed E-state index contributed by atoms with van der Waals surface area (Å²) in [6.45, 7) is 13.7. The van der Waals surface area contributed by atoms with Gasteiger partial charge in [0.15, 0.2) is 8.32 Å². The number of piperidine rings is 1. The van der Waals surface area contributed by atoms with Crippen molar-refractivity contribution in [3.63, 3.8) is 0 Å². The summed E-state index contributed by atoms with van der Waals surface area (Å²) < 4.78 is 18.5. The van der Waals surface area contributed by atoms with E-state index in [1.54, 1.807) is 31.4 Å². The molecule has 12 nitrogen and oxygen atoms in total. The molecule has 0 radical (unpaired) electrons. The molecule has 14 heteroatoms. The van der Waals surface area contributed by atoms with Gasteiger partial charge >= 0.3 is 6.09 Å². The molecule has 0 bridgehead atoms. The Hall–Kier alpha value is -5.18. The van der Waals surface area contributed by atoms with Crippen molar-refractivity contribution < 1.29 is 28.6 Å². The number of benzene rings is 4. The molecular weight excluding hydrogens is 798 g/mol. The average molecular weight is 855 g/mol. The van der Waals surface area contributed by atoms with Crippen molar-refractivity contribution in [3.05, 3.63) is 117 Å². The quantitative estimate of drug-likeness (QED) is 0.0648. The number of amides is 2. The van der Waals surface area contributed by atoms with E-state index in [0.717, 1.165) is 22.3 Å². The summed E-state index contributed by atoms with van der Waals surface area (Å²) in [5.41, 5.74) is 4.79. The molecule has 60 heavy (non-hydrogen) atoms. The maximum atomic E-state index is 13.1. The minimum atomic E-state index is -2.28. The number of H-pyrrole nitrogens is 1. The van der Waals surface area contributed by atoms with Crippen molar-refractivity contribution in [1.29, 1.82) is 0 Å². The maximum absolute atomic E-state index is 13.1. The van der Waals surface area contributed by atoms with Crippen LogP contribution in [0.25, 0.3) is 22.0 Å². The van der Waals surface area contributed by atoms with Crippen LogP contribution in [0.1, 0.15) is 57.3 Å². The van der Waals surface area contributed by atoms with Crippen LogP contribution in [-0.4, -0.2) is 74.7 Å². The molecule has 318 valence electrons. The van der Waals surface area contributed by atoms with Crippen molar-refractivity contribution in [2.75, 3.05) is 43.9 Å². The molecule has 1 aliphatic rings. The standard InChI is InChI=1S/C46H56ClN5O7Si/c1-46(2,3)60(5,6)59-41(34-16-18-39(53)44-35(34)17-19-42(54)51-44)29-48-28-31-26-36(47)38(27-40(31)57-4)49-43(55)22-25-52-23-20-32(21-24-52)58-45(56)50-37-15-11-10-14-33(37)30-12-8-7-9-13-30/h7-19,26-27,32,41,48,53H,20-25,28-29H2,1-6H3,(H,49,55)(H,50,56)(H,51,54). The average Bonchev–Trinajstić information content (AvgIpc) is 3.21. The van der Waals surface area contributed by atoms with Crippen LogP contribution in [0.5, 0.6) is 11.5 Å². The number of aromatic hydroxyl groups is 1. The largest absolute Gasteiger partial charge is 0.506 e. The van der Waals surface area contributed by atoms with Crippen LogP contribution in [0.3, 0.4) is 0 Å². The molecular formula is C46H56ClN5O7Si. The molecule has 5 N–H and O–H groups in total. The SMILES string of the molecule is COc1cc(NC(=O)CCN2CCC(OC(=O)Nc3ccccc3-c3ccccc3)CC2)c(Cl)cc1CNCC(O[Si](C)(C)C(C)(C)C)c1ccc(O)c2[nH]c(=O)ccc12. The number of aromatic amines is 1. The molecule has 0 aliphatic carbocycles. The van der Waals surface area contributed by atoms with Crippen molar-refractivity contribution in [1.82, 2.24) is 15.2 Å². The van der Waals surface area contributed by atoms with E-state index >= 15 is 0 Å². The van der Waals surface area contributed by atoms with Gasteiger partial charge in [-0.3, -0.25) is 14.9 Å². The van der Waals surface area contributed by atoms with Gasteiger partial charge in [0.2, 0.25) is 11.5 Å². The Kier molecular flexibility index (Phi) is 14.4. The van der Waals surface area contributed by atoms with E-state index in [2.05, 4.69) is 59.7 Å². The molecule has 2 amide bonds. The van der Waals surface area contributed by atoms with Gasteiger partial charge in [0.1, 0.15) is 17.6 Å². The monoisotopic (exact) mass is 853 g/mol. The molecule has 0 spiro atoms. The highest BCUT2D eigenvalue weighted by atomic mass is 35.5. The molecule has 1 aromatic heterocycles. The molecule has 6 rings (SSSR count). The second kappa shape index (κ2) is 19.5. The summed E-state index contributed by atoms with van der Waals surface area (Å²) in [6.07, 6.45) is 0.513. The number of ether oxygens (including phenoxy) is 2. The summed E-state index contributed by atoms with van der Waals surface area (Å²) in [7, 11) is -0.701. The number of phenols is 1. The van der Waals surface area contributed by atoms with Gasteiger partial charge in [0, 0.05) is 67.8 Å². The highest BCUT2D eigenvalue weighted by Crippen LogP contribution is 2.41. The molecule has 1 aliphatic heterocycles. The van der Waals surface area contributed by atoms with Crippen LogP contribution in [0.15, 0.2) is 95.8 Å². The number of hydrogen-bond acceptors (Lipinski definition) is 9. The van der Waals surface area contributed by atoms with Gasteiger partial charge < -0.3 is 39.5 Å². The highest BCUT2D eigenvalue weighted by Gasteiger charge is 2.40. The maximum Gasteiger partial charge on any atom is 0.411 e. The van der Waals surface area contributed by atoms with E-state index in [-0.39, 0.29) is 34.8 Å². The van der Waals surface area contributed by atoms with Gasteiger partial charge in [0.25, 0.3) is 0 Å². The van der Waals surface area contributed by atoms with Gasteiger partial charge in [-0.1, -0.05) is 87.0 Å². The normalized spacial score (nSPS) is 14.4. The summed E-state index contributed by atoms with van der Waals surface area (Å²) in [5.74, 6) is 0.381. The van der Waals surface area contributed by atoms with E-state index in [0.29, 0.717) is 78.6 Å². The molecule has 0 saturated carbocycles.